The van der Waals surface area contributed by atoms with Crippen molar-refractivity contribution in [3.63, 3.8) is 0 Å². The van der Waals surface area contributed by atoms with Gasteiger partial charge in [-0.2, -0.15) is 9.61 Å². The fraction of sp³-hybridized carbons (Fsp3) is 0.400. The number of anilines is 1. The van der Waals surface area contributed by atoms with E-state index in [-0.39, 0.29) is 0 Å². The second-order valence-electron chi connectivity index (χ2n) is 7.18. The van der Waals surface area contributed by atoms with Crippen molar-refractivity contribution in [2.45, 2.75) is 25.4 Å². The maximum absolute atomic E-state index is 5.25. The summed E-state index contributed by atoms with van der Waals surface area (Å²) < 4.78 is 7.18. The highest BCUT2D eigenvalue weighted by Crippen LogP contribution is 2.25. The van der Waals surface area contributed by atoms with Gasteiger partial charge in [0.2, 0.25) is 0 Å². The van der Waals surface area contributed by atoms with Gasteiger partial charge in [-0.3, -0.25) is 10.9 Å². The number of aryl methyl sites for hydroxylation is 1. The standard InChI is InChI=1S/C20H26N6O/c1-14-9-19-21-18(15-7-5-4-6-8-15)11-20(26(19)24-14)25(2)12-16-10-17(13-27-3)23-22-16/h4-9,11,16-17,22-23H,10,12-13H2,1-3H3. The number of ether oxygens (including phenoxy) is 1. The van der Waals surface area contributed by atoms with Crippen LogP contribution in [-0.4, -0.2) is 54.0 Å². The first kappa shape index (κ1) is 17.9. The molecule has 7 nitrogen and oxygen atoms in total. The molecule has 27 heavy (non-hydrogen) atoms. The summed E-state index contributed by atoms with van der Waals surface area (Å²) in [5, 5.41) is 4.64. The zero-order valence-electron chi connectivity index (χ0n) is 16.0. The molecule has 1 aliphatic heterocycles. The molecule has 0 amide bonds. The third-order valence-corrected chi connectivity index (χ3v) is 4.91. The summed E-state index contributed by atoms with van der Waals surface area (Å²) >= 11 is 0. The lowest BCUT2D eigenvalue weighted by molar-refractivity contribution is 0.171. The Bertz CT molecular complexity index is 909. The minimum atomic E-state index is 0.343. The maximum atomic E-state index is 5.25. The number of hydrogen-bond donors (Lipinski definition) is 2. The van der Waals surface area contributed by atoms with Gasteiger partial charge < -0.3 is 9.64 Å². The number of rotatable bonds is 6. The van der Waals surface area contributed by atoms with E-state index in [2.05, 4.69) is 46.1 Å². The van der Waals surface area contributed by atoms with Crippen LogP contribution in [0.1, 0.15) is 12.1 Å². The summed E-state index contributed by atoms with van der Waals surface area (Å²) in [6.07, 6.45) is 1.02. The third-order valence-electron chi connectivity index (χ3n) is 4.91. The molecule has 0 spiro atoms. The Kier molecular flexibility index (Phi) is 5.07. The molecule has 3 aromatic rings. The van der Waals surface area contributed by atoms with Gasteiger partial charge in [0.15, 0.2) is 5.65 Å². The zero-order valence-corrected chi connectivity index (χ0v) is 16.0. The molecule has 0 aliphatic carbocycles. The van der Waals surface area contributed by atoms with Gasteiger partial charge >= 0.3 is 0 Å². The molecule has 2 atom stereocenters. The normalized spacial score (nSPS) is 19.7. The van der Waals surface area contributed by atoms with Gasteiger partial charge in [-0.25, -0.2) is 4.98 Å². The Morgan fingerprint density at radius 3 is 2.74 bits per heavy atom. The number of methoxy groups -OCH3 is 1. The van der Waals surface area contributed by atoms with Gasteiger partial charge in [-0.1, -0.05) is 30.3 Å². The lowest BCUT2D eigenvalue weighted by atomic mass is 10.1. The second-order valence-corrected chi connectivity index (χ2v) is 7.18. The van der Waals surface area contributed by atoms with Crippen LogP contribution in [0.5, 0.6) is 0 Å². The van der Waals surface area contributed by atoms with Crippen LogP contribution in [-0.2, 0) is 4.74 Å². The molecule has 1 aromatic carbocycles. The summed E-state index contributed by atoms with van der Waals surface area (Å²) in [6.45, 7) is 3.57. The minimum Gasteiger partial charge on any atom is -0.383 e. The summed E-state index contributed by atoms with van der Waals surface area (Å²) in [5.41, 5.74) is 10.6. The Balaban J connectivity index is 1.63. The molecule has 1 fully saturated rings. The lowest BCUT2D eigenvalue weighted by Crippen LogP contribution is -2.40. The van der Waals surface area contributed by atoms with E-state index in [9.17, 15) is 0 Å². The Labute approximate surface area is 159 Å². The lowest BCUT2D eigenvalue weighted by Gasteiger charge is -2.24. The fourth-order valence-corrected chi connectivity index (χ4v) is 3.65. The molecule has 0 bridgehead atoms. The predicted octanol–water partition coefficient (Wildman–Crippen LogP) is 2.02. The molecular formula is C20H26N6O. The number of fused-ring (bicyclic) bond motifs is 1. The van der Waals surface area contributed by atoms with E-state index in [0.29, 0.717) is 18.7 Å². The number of hydrazine groups is 1. The topological polar surface area (TPSA) is 66.7 Å². The highest BCUT2D eigenvalue weighted by molar-refractivity contribution is 5.67. The molecule has 0 radical (unpaired) electrons. The average molecular weight is 366 g/mol. The SMILES string of the molecule is COCC1CC(CN(C)c2cc(-c3ccccc3)nc3cc(C)nn23)NN1. The van der Waals surface area contributed by atoms with Crippen LogP contribution in [0.25, 0.3) is 16.9 Å². The first-order chi connectivity index (χ1) is 13.1. The summed E-state index contributed by atoms with van der Waals surface area (Å²) in [6, 6.07) is 15.1. The molecule has 7 heteroatoms. The van der Waals surface area contributed by atoms with E-state index in [1.807, 2.05) is 35.7 Å². The van der Waals surface area contributed by atoms with Gasteiger partial charge in [0.25, 0.3) is 0 Å². The minimum absolute atomic E-state index is 0.343. The van der Waals surface area contributed by atoms with Crippen LogP contribution in [0.4, 0.5) is 5.82 Å². The highest BCUT2D eigenvalue weighted by Gasteiger charge is 2.25. The largest absolute Gasteiger partial charge is 0.383 e. The van der Waals surface area contributed by atoms with E-state index in [0.717, 1.165) is 41.4 Å². The number of benzene rings is 1. The summed E-state index contributed by atoms with van der Waals surface area (Å²) in [5.74, 6) is 1.03. The summed E-state index contributed by atoms with van der Waals surface area (Å²) in [7, 11) is 3.84. The average Bonchev–Trinajstić information content (AvgIpc) is 3.27. The van der Waals surface area contributed by atoms with E-state index in [4.69, 9.17) is 9.72 Å². The number of likely N-dealkylation sites (N-methyl/N-ethyl adjacent to an activating group) is 1. The first-order valence-electron chi connectivity index (χ1n) is 9.28. The molecule has 1 saturated heterocycles. The third kappa shape index (κ3) is 3.80. The van der Waals surface area contributed by atoms with Crippen LogP contribution < -0.4 is 15.8 Å². The smallest absolute Gasteiger partial charge is 0.158 e. The van der Waals surface area contributed by atoms with Gasteiger partial charge in [0.1, 0.15) is 5.82 Å². The molecule has 2 aromatic heterocycles. The van der Waals surface area contributed by atoms with Gasteiger partial charge in [-0.05, 0) is 13.3 Å². The van der Waals surface area contributed by atoms with Crippen molar-refractivity contribution in [3.8, 4) is 11.3 Å². The van der Waals surface area contributed by atoms with Crippen molar-refractivity contribution in [2.24, 2.45) is 0 Å². The van der Waals surface area contributed by atoms with Crippen molar-refractivity contribution in [2.75, 3.05) is 32.2 Å². The Morgan fingerprint density at radius 1 is 1.19 bits per heavy atom. The number of aromatic nitrogens is 3. The van der Waals surface area contributed by atoms with E-state index < -0.39 is 0 Å². The second kappa shape index (κ2) is 7.64. The summed E-state index contributed by atoms with van der Waals surface area (Å²) in [4.78, 5) is 7.05. The Morgan fingerprint density at radius 2 is 1.96 bits per heavy atom. The van der Waals surface area contributed by atoms with Gasteiger partial charge in [0, 0.05) is 50.5 Å². The van der Waals surface area contributed by atoms with Crippen LogP contribution in [0.15, 0.2) is 42.5 Å². The quantitative estimate of drug-likeness (QED) is 0.696. The van der Waals surface area contributed by atoms with Crippen LogP contribution >= 0.6 is 0 Å². The van der Waals surface area contributed by atoms with Crippen LogP contribution in [0, 0.1) is 6.92 Å². The highest BCUT2D eigenvalue weighted by atomic mass is 16.5. The molecular weight excluding hydrogens is 340 g/mol. The fourth-order valence-electron chi connectivity index (χ4n) is 3.65. The molecule has 2 N–H and O–H groups in total. The predicted molar refractivity (Wildman–Crippen MR) is 107 cm³/mol. The van der Waals surface area contributed by atoms with Crippen molar-refractivity contribution < 1.29 is 4.74 Å². The van der Waals surface area contributed by atoms with Crippen molar-refractivity contribution in [1.82, 2.24) is 25.4 Å². The van der Waals surface area contributed by atoms with Crippen molar-refractivity contribution in [1.29, 1.82) is 0 Å². The maximum Gasteiger partial charge on any atom is 0.158 e. The molecule has 0 saturated carbocycles. The zero-order chi connectivity index (χ0) is 18.8. The number of nitrogens with one attached hydrogen (secondary N) is 2. The van der Waals surface area contributed by atoms with Gasteiger partial charge in [0.05, 0.1) is 18.0 Å². The number of hydrogen-bond acceptors (Lipinski definition) is 6. The van der Waals surface area contributed by atoms with E-state index in [1.54, 1.807) is 7.11 Å². The van der Waals surface area contributed by atoms with Crippen LogP contribution in [0.3, 0.4) is 0 Å². The van der Waals surface area contributed by atoms with Crippen molar-refractivity contribution in [3.05, 3.63) is 48.2 Å². The van der Waals surface area contributed by atoms with E-state index >= 15 is 0 Å². The van der Waals surface area contributed by atoms with Crippen molar-refractivity contribution >= 4 is 11.5 Å². The molecule has 1 aliphatic rings. The first-order valence-corrected chi connectivity index (χ1v) is 9.28. The van der Waals surface area contributed by atoms with Crippen LogP contribution in [0.2, 0.25) is 0 Å². The van der Waals surface area contributed by atoms with Gasteiger partial charge in [-0.15, -0.1) is 0 Å². The Hall–Kier alpha value is -2.48. The molecule has 142 valence electrons. The molecule has 2 unspecified atom stereocenters. The molecule has 3 heterocycles. The van der Waals surface area contributed by atoms with E-state index in [1.165, 1.54) is 0 Å². The number of nitrogens with zero attached hydrogens (tertiary/aromatic N) is 4. The monoisotopic (exact) mass is 366 g/mol. The molecule has 4 rings (SSSR count).